The summed E-state index contributed by atoms with van der Waals surface area (Å²) in [6.07, 6.45) is 6.44. The van der Waals surface area contributed by atoms with Gasteiger partial charge in [0.2, 0.25) is 5.95 Å². The van der Waals surface area contributed by atoms with Gasteiger partial charge < -0.3 is 14.5 Å². The van der Waals surface area contributed by atoms with Crippen molar-refractivity contribution in [2.45, 2.75) is 43.8 Å². The minimum atomic E-state index is -1.94. The molecule has 1 amide bonds. The molecule has 2 aromatic rings. The van der Waals surface area contributed by atoms with Gasteiger partial charge in [-0.15, -0.1) is 0 Å². The number of anilines is 1. The van der Waals surface area contributed by atoms with Crippen molar-refractivity contribution in [3.8, 4) is 5.75 Å². The minimum Gasteiger partial charge on any atom is -0.491 e. The van der Waals surface area contributed by atoms with E-state index in [2.05, 4.69) is 15.0 Å². The Balaban J connectivity index is 1.27. The van der Waals surface area contributed by atoms with Crippen molar-refractivity contribution in [2.24, 2.45) is 0 Å². The topological polar surface area (TPSA) is 71.5 Å². The van der Waals surface area contributed by atoms with E-state index in [1.807, 2.05) is 4.90 Å². The van der Waals surface area contributed by atoms with Gasteiger partial charge in [-0.05, 0) is 18.9 Å². The molecule has 2 aromatic heterocycles. The second-order valence-corrected chi connectivity index (χ2v) is 8.19. The number of pyridine rings is 1. The zero-order chi connectivity index (χ0) is 20.7. The van der Waals surface area contributed by atoms with Crippen LogP contribution >= 0.6 is 0 Å². The molecule has 0 bridgehead atoms. The van der Waals surface area contributed by atoms with E-state index < -0.39 is 11.6 Å². The first kappa shape index (κ1) is 19.1. The van der Waals surface area contributed by atoms with Crippen LogP contribution in [-0.2, 0) is 11.3 Å². The second-order valence-electron chi connectivity index (χ2n) is 8.19. The standard InChI is InChI=1S/C21H23F2N5O2/c22-16-12-25-20(26-18(16)14-1-2-14)27-7-4-21(23,5-8-27)19(29)28-9-10-30-17-3-6-24-11-15(17)13-28/h3,6,11-12,14H,1-2,4-5,7-10,13H2. The van der Waals surface area contributed by atoms with E-state index in [4.69, 9.17) is 4.74 Å². The SMILES string of the molecule is O=C(N1CCOc2ccncc2C1)C1(F)CCN(c2ncc(F)c(C3CC3)n2)CC1. The van der Waals surface area contributed by atoms with Crippen LogP contribution in [0.25, 0.3) is 0 Å². The van der Waals surface area contributed by atoms with E-state index in [1.54, 1.807) is 18.5 Å². The maximum Gasteiger partial charge on any atom is 0.260 e. The molecular formula is C21H23F2N5O2. The van der Waals surface area contributed by atoms with Crippen LogP contribution in [0.15, 0.2) is 24.7 Å². The highest BCUT2D eigenvalue weighted by Crippen LogP contribution is 2.41. The molecule has 0 radical (unpaired) electrons. The van der Waals surface area contributed by atoms with Crippen molar-refractivity contribution in [3.05, 3.63) is 41.7 Å². The highest BCUT2D eigenvalue weighted by atomic mass is 19.1. The van der Waals surface area contributed by atoms with Gasteiger partial charge in [0.25, 0.3) is 5.91 Å². The van der Waals surface area contributed by atoms with E-state index in [-0.39, 0.29) is 31.1 Å². The first-order chi connectivity index (χ1) is 14.5. The lowest BCUT2D eigenvalue weighted by atomic mass is 9.91. The average Bonchev–Trinajstić information content (AvgIpc) is 3.61. The van der Waals surface area contributed by atoms with Crippen LogP contribution in [0, 0.1) is 5.82 Å². The van der Waals surface area contributed by atoms with Crippen molar-refractivity contribution in [3.63, 3.8) is 0 Å². The molecule has 1 saturated carbocycles. The summed E-state index contributed by atoms with van der Waals surface area (Å²) < 4.78 is 35.2. The van der Waals surface area contributed by atoms with E-state index in [1.165, 1.54) is 11.1 Å². The van der Waals surface area contributed by atoms with Gasteiger partial charge in [0.05, 0.1) is 25.0 Å². The number of rotatable bonds is 3. The minimum absolute atomic E-state index is 0.0442. The predicted octanol–water partition coefficient (Wildman–Crippen LogP) is 2.62. The number of carbonyl (C=O) groups excluding carboxylic acids is 1. The van der Waals surface area contributed by atoms with Crippen molar-refractivity contribution < 1.29 is 18.3 Å². The smallest absolute Gasteiger partial charge is 0.260 e. The maximum atomic E-state index is 15.7. The highest BCUT2D eigenvalue weighted by molar-refractivity contribution is 5.85. The third-order valence-electron chi connectivity index (χ3n) is 6.07. The average molecular weight is 415 g/mol. The zero-order valence-corrected chi connectivity index (χ0v) is 16.6. The number of aromatic nitrogens is 3. The van der Waals surface area contributed by atoms with Gasteiger partial charge in [-0.3, -0.25) is 9.78 Å². The quantitative estimate of drug-likeness (QED) is 0.768. The summed E-state index contributed by atoms with van der Waals surface area (Å²) in [6, 6.07) is 1.76. The first-order valence-electron chi connectivity index (χ1n) is 10.3. The normalized spacial score (nSPS) is 20.9. The summed E-state index contributed by atoms with van der Waals surface area (Å²) in [5.41, 5.74) is -0.718. The van der Waals surface area contributed by atoms with Crippen LogP contribution in [0.1, 0.15) is 42.9 Å². The Hall–Kier alpha value is -2.84. The van der Waals surface area contributed by atoms with Crippen molar-refractivity contribution in [1.82, 2.24) is 19.9 Å². The third kappa shape index (κ3) is 3.57. The molecule has 158 valence electrons. The molecule has 0 aromatic carbocycles. The fraction of sp³-hybridized carbons (Fsp3) is 0.524. The summed E-state index contributed by atoms with van der Waals surface area (Å²) in [5, 5.41) is 0. The Labute approximate surface area is 173 Å². The fourth-order valence-corrected chi connectivity index (χ4v) is 4.12. The van der Waals surface area contributed by atoms with E-state index >= 15 is 4.39 Å². The van der Waals surface area contributed by atoms with Gasteiger partial charge >= 0.3 is 0 Å². The molecule has 9 heteroatoms. The van der Waals surface area contributed by atoms with Gasteiger partial charge in [-0.1, -0.05) is 0 Å². The van der Waals surface area contributed by atoms with Gasteiger partial charge in [-0.2, -0.15) is 0 Å². The number of amides is 1. The molecule has 1 saturated heterocycles. The largest absolute Gasteiger partial charge is 0.491 e. The molecule has 0 atom stereocenters. The Kier molecular flexibility index (Phi) is 4.75. The molecule has 2 fully saturated rings. The number of fused-ring (bicyclic) bond motifs is 1. The number of alkyl halides is 1. The first-order valence-corrected chi connectivity index (χ1v) is 10.3. The molecule has 4 heterocycles. The molecule has 1 aliphatic carbocycles. The van der Waals surface area contributed by atoms with Gasteiger partial charge in [0.1, 0.15) is 12.4 Å². The Morgan fingerprint density at radius 2 is 2.00 bits per heavy atom. The van der Waals surface area contributed by atoms with E-state index in [0.29, 0.717) is 43.6 Å². The zero-order valence-electron chi connectivity index (χ0n) is 16.6. The lowest BCUT2D eigenvalue weighted by molar-refractivity contribution is -0.146. The molecule has 0 unspecified atom stereocenters. The number of halogens is 2. The molecular weight excluding hydrogens is 392 g/mol. The van der Waals surface area contributed by atoms with Crippen molar-refractivity contribution >= 4 is 11.9 Å². The monoisotopic (exact) mass is 415 g/mol. The van der Waals surface area contributed by atoms with Gasteiger partial charge in [-0.25, -0.2) is 18.7 Å². The number of piperidine rings is 1. The lowest BCUT2D eigenvalue weighted by Crippen LogP contribution is -2.53. The summed E-state index contributed by atoms with van der Waals surface area (Å²) in [6.45, 7) is 1.54. The van der Waals surface area contributed by atoms with Crippen LogP contribution in [0.4, 0.5) is 14.7 Å². The molecule has 5 rings (SSSR count). The molecule has 30 heavy (non-hydrogen) atoms. The molecule has 0 N–H and O–H groups in total. The van der Waals surface area contributed by atoms with Gasteiger partial charge in [0, 0.05) is 49.8 Å². The van der Waals surface area contributed by atoms with Crippen LogP contribution < -0.4 is 9.64 Å². The van der Waals surface area contributed by atoms with Crippen molar-refractivity contribution in [1.29, 1.82) is 0 Å². The molecule has 0 spiro atoms. The lowest BCUT2D eigenvalue weighted by Gasteiger charge is -2.38. The van der Waals surface area contributed by atoms with Crippen LogP contribution in [0.3, 0.4) is 0 Å². The summed E-state index contributed by atoms with van der Waals surface area (Å²) in [4.78, 5) is 28.9. The summed E-state index contributed by atoms with van der Waals surface area (Å²) >= 11 is 0. The maximum absolute atomic E-state index is 15.7. The fourth-order valence-electron chi connectivity index (χ4n) is 4.12. The van der Waals surface area contributed by atoms with E-state index in [0.717, 1.165) is 18.4 Å². The molecule has 2 aliphatic heterocycles. The number of hydrogen-bond acceptors (Lipinski definition) is 6. The predicted molar refractivity (Wildman–Crippen MR) is 104 cm³/mol. The van der Waals surface area contributed by atoms with Crippen LogP contribution in [0.2, 0.25) is 0 Å². The van der Waals surface area contributed by atoms with Crippen LogP contribution in [-0.4, -0.2) is 57.7 Å². The summed E-state index contributed by atoms with van der Waals surface area (Å²) in [7, 11) is 0. The Morgan fingerprint density at radius 1 is 1.20 bits per heavy atom. The number of hydrogen-bond donors (Lipinski definition) is 0. The van der Waals surface area contributed by atoms with Crippen molar-refractivity contribution in [2.75, 3.05) is 31.1 Å². The highest BCUT2D eigenvalue weighted by Gasteiger charge is 2.45. The number of nitrogens with zero attached hydrogens (tertiary/aromatic N) is 5. The van der Waals surface area contributed by atoms with Crippen LogP contribution in [0.5, 0.6) is 5.75 Å². The number of ether oxygens (including phenoxy) is 1. The third-order valence-corrected chi connectivity index (χ3v) is 6.07. The Morgan fingerprint density at radius 3 is 2.77 bits per heavy atom. The summed E-state index contributed by atoms with van der Waals surface area (Å²) in [5.74, 6) is 0.368. The van der Waals surface area contributed by atoms with E-state index in [9.17, 15) is 9.18 Å². The Bertz CT molecular complexity index is 960. The second kappa shape index (κ2) is 7.45. The molecule has 3 aliphatic rings. The van der Waals surface area contributed by atoms with Gasteiger partial charge in [0.15, 0.2) is 11.5 Å². The number of carbonyl (C=O) groups is 1. The molecule has 7 nitrogen and oxygen atoms in total.